The lowest BCUT2D eigenvalue weighted by Gasteiger charge is -2.48. The largest absolute Gasteiger partial charge is 0.399 e. The van der Waals surface area contributed by atoms with Crippen molar-refractivity contribution in [2.45, 2.75) is 32.2 Å². The summed E-state index contributed by atoms with van der Waals surface area (Å²) >= 11 is 0. The molecule has 1 aliphatic heterocycles. The van der Waals surface area contributed by atoms with E-state index in [-0.39, 0.29) is 0 Å². The molecular formula is C14H20N2. The Hall–Kier alpha value is -1.02. The molecule has 2 heteroatoms. The normalized spacial score (nSPS) is 23.5. The van der Waals surface area contributed by atoms with Gasteiger partial charge in [0.1, 0.15) is 0 Å². The van der Waals surface area contributed by atoms with Gasteiger partial charge in [-0.1, -0.05) is 25.0 Å². The number of likely N-dealkylation sites (tertiary alicyclic amines) is 1. The highest BCUT2D eigenvalue weighted by atomic mass is 15.2. The standard InChI is InChI=1S/C14H20N2/c15-13-5-3-4-12(8-13)9-16-10-14(11-16)6-1-2-7-14/h3-5,8H,1-2,6-7,9-11,15H2. The van der Waals surface area contributed by atoms with Crippen LogP contribution in [0.2, 0.25) is 0 Å². The molecule has 1 spiro atoms. The van der Waals surface area contributed by atoms with Gasteiger partial charge in [0, 0.05) is 25.3 Å². The zero-order valence-electron chi connectivity index (χ0n) is 9.78. The van der Waals surface area contributed by atoms with E-state index in [4.69, 9.17) is 5.73 Å². The SMILES string of the molecule is Nc1cccc(CN2CC3(CCCC3)C2)c1. The van der Waals surface area contributed by atoms with Crippen molar-refractivity contribution in [2.24, 2.45) is 5.41 Å². The van der Waals surface area contributed by atoms with E-state index in [2.05, 4.69) is 23.1 Å². The second-order valence-electron chi connectivity index (χ2n) is 5.60. The summed E-state index contributed by atoms with van der Waals surface area (Å²) in [5.74, 6) is 0. The van der Waals surface area contributed by atoms with Gasteiger partial charge in [0.2, 0.25) is 0 Å². The van der Waals surface area contributed by atoms with Crippen LogP contribution < -0.4 is 5.73 Å². The Morgan fingerprint density at radius 1 is 1.19 bits per heavy atom. The van der Waals surface area contributed by atoms with E-state index < -0.39 is 0 Å². The fourth-order valence-electron chi connectivity index (χ4n) is 3.41. The molecule has 2 nitrogen and oxygen atoms in total. The lowest BCUT2D eigenvalue weighted by molar-refractivity contribution is -0.000234. The van der Waals surface area contributed by atoms with Crippen molar-refractivity contribution in [1.82, 2.24) is 4.90 Å². The van der Waals surface area contributed by atoms with Crippen LogP contribution in [-0.2, 0) is 6.54 Å². The highest BCUT2D eigenvalue weighted by Crippen LogP contribution is 2.45. The van der Waals surface area contributed by atoms with Crippen LogP contribution in [0.1, 0.15) is 31.2 Å². The lowest BCUT2D eigenvalue weighted by atomic mass is 9.78. The van der Waals surface area contributed by atoms with Gasteiger partial charge in [-0.15, -0.1) is 0 Å². The smallest absolute Gasteiger partial charge is 0.0317 e. The van der Waals surface area contributed by atoms with E-state index in [0.29, 0.717) is 5.41 Å². The minimum atomic E-state index is 0.709. The summed E-state index contributed by atoms with van der Waals surface area (Å²) in [6.45, 7) is 3.69. The molecule has 1 aliphatic carbocycles. The van der Waals surface area contributed by atoms with Crippen molar-refractivity contribution >= 4 is 5.69 Å². The van der Waals surface area contributed by atoms with Crippen molar-refractivity contribution in [2.75, 3.05) is 18.8 Å². The number of hydrogen-bond acceptors (Lipinski definition) is 2. The molecule has 0 atom stereocenters. The maximum absolute atomic E-state index is 5.79. The summed E-state index contributed by atoms with van der Waals surface area (Å²) in [6, 6.07) is 8.28. The van der Waals surface area contributed by atoms with Gasteiger partial charge < -0.3 is 5.73 Å². The Labute approximate surface area is 97.4 Å². The third-order valence-corrected chi connectivity index (χ3v) is 4.14. The molecule has 0 unspecified atom stereocenters. The summed E-state index contributed by atoms with van der Waals surface area (Å²) in [4.78, 5) is 2.56. The van der Waals surface area contributed by atoms with Gasteiger partial charge in [-0.2, -0.15) is 0 Å². The van der Waals surface area contributed by atoms with Crippen molar-refractivity contribution in [1.29, 1.82) is 0 Å². The molecule has 1 saturated heterocycles. The van der Waals surface area contributed by atoms with Gasteiger partial charge in [-0.25, -0.2) is 0 Å². The van der Waals surface area contributed by atoms with Gasteiger partial charge in [0.05, 0.1) is 0 Å². The third-order valence-electron chi connectivity index (χ3n) is 4.14. The number of benzene rings is 1. The molecule has 2 aliphatic rings. The minimum Gasteiger partial charge on any atom is -0.399 e. The highest BCUT2D eigenvalue weighted by molar-refractivity contribution is 5.40. The first kappa shape index (κ1) is 10.2. The van der Waals surface area contributed by atoms with Crippen LogP contribution in [0.15, 0.2) is 24.3 Å². The van der Waals surface area contributed by atoms with Crippen LogP contribution in [-0.4, -0.2) is 18.0 Å². The highest BCUT2D eigenvalue weighted by Gasteiger charge is 2.44. The van der Waals surface area contributed by atoms with E-state index in [0.717, 1.165) is 12.2 Å². The number of nitrogen functional groups attached to an aromatic ring is 1. The Kier molecular flexibility index (Phi) is 2.40. The Morgan fingerprint density at radius 2 is 1.94 bits per heavy atom. The van der Waals surface area contributed by atoms with Gasteiger partial charge in [0.15, 0.2) is 0 Å². The average Bonchev–Trinajstić information content (AvgIpc) is 2.66. The van der Waals surface area contributed by atoms with Gasteiger partial charge in [-0.3, -0.25) is 4.90 Å². The predicted octanol–water partition coefficient (Wildman–Crippen LogP) is 2.64. The number of hydrogen-bond donors (Lipinski definition) is 1. The van der Waals surface area contributed by atoms with Crippen LogP contribution in [0.3, 0.4) is 0 Å². The molecule has 0 aromatic heterocycles. The van der Waals surface area contributed by atoms with Crippen LogP contribution in [0, 0.1) is 5.41 Å². The zero-order valence-corrected chi connectivity index (χ0v) is 9.78. The first-order valence-electron chi connectivity index (χ1n) is 6.33. The first-order valence-corrected chi connectivity index (χ1v) is 6.33. The van der Waals surface area contributed by atoms with Crippen molar-refractivity contribution in [3.8, 4) is 0 Å². The molecular weight excluding hydrogens is 196 g/mol. The Bertz CT molecular complexity index is 372. The lowest BCUT2D eigenvalue weighted by Crippen LogP contribution is -2.54. The summed E-state index contributed by atoms with van der Waals surface area (Å²) < 4.78 is 0. The summed E-state index contributed by atoms with van der Waals surface area (Å²) in [7, 11) is 0. The van der Waals surface area contributed by atoms with Crippen molar-refractivity contribution < 1.29 is 0 Å². The monoisotopic (exact) mass is 216 g/mol. The molecule has 3 rings (SSSR count). The Balaban J connectivity index is 1.58. The molecule has 1 saturated carbocycles. The molecule has 0 amide bonds. The van der Waals surface area contributed by atoms with Crippen LogP contribution in [0.25, 0.3) is 0 Å². The van der Waals surface area contributed by atoms with Crippen LogP contribution >= 0.6 is 0 Å². The molecule has 0 radical (unpaired) electrons. The summed E-state index contributed by atoms with van der Waals surface area (Å²) in [5.41, 5.74) is 8.74. The van der Waals surface area contributed by atoms with E-state index in [1.165, 1.54) is 44.3 Å². The van der Waals surface area contributed by atoms with E-state index in [9.17, 15) is 0 Å². The molecule has 1 aromatic rings. The fourth-order valence-corrected chi connectivity index (χ4v) is 3.41. The summed E-state index contributed by atoms with van der Waals surface area (Å²) in [6.07, 6.45) is 5.82. The quantitative estimate of drug-likeness (QED) is 0.770. The van der Waals surface area contributed by atoms with Crippen molar-refractivity contribution in [3.05, 3.63) is 29.8 Å². The number of anilines is 1. The second kappa shape index (κ2) is 3.77. The maximum atomic E-state index is 5.79. The first-order chi connectivity index (χ1) is 7.76. The van der Waals surface area contributed by atoms with Crippen molar-refractivity contribution in [3.63, 3.8) is 0 Å². The summed E-state index contributed by atoms with van der Waals surface area (Å²) in [5, 5.41) is 0. The van der Waals surface area contributed by atoms with E-state index >= 15 is 0 Å². The van der Waals surface area contributed by atoms with Crippen LogP contribution in [0.5, 0.6) is 0 Å². The Morgan fingerprint density at radius 3 is 2.62 bits per heavy atom. The van der Waals surface area contributed by atoms with E-state index in [1.54, 1.807) is 0 Å². The molecule has 16 heavy (non-hydrogen) atoms. The molecule has 1 heterocycles. The van der Waals surface area contributed by atoms with Gasteiger partial charge in [-0.05, 0) is 36.0 Å². The molecule has 2 N–H and O–H groups in total. The van der Waals surface area contributed by atoms with Gasteiger partial charge >= 0.3 is 0 Å². The predicted molar refractivity (Wildman–Crippen MR) is 67.0 cm³/mol. The molecule has 2 fully saturated rings. The maximum Gasteiger partial charge on any atom is 0.0317 e. The topological polar surface area (TPSA) is 29.3 Å². The number of nitrogens with two attached hydrogens (primary N) is 1. The van der Waals surface area contributed by atoms with Crippen LogP contribution in [0.4, 0.5) is 5.69 Å². The number of rotatable bonds is 2. The molecule has 0 bridgehead atoms. The average molecular weight is 216 g/mol. The molecule has 1 aromatic carbocycles. The number of nitrogens with zero attached hydrogens (tertiary/aromatic N) is 1. The zero-order chi connectivity index (χ0) is 11.0. The third kappa shape index (κ3) is 1.82. The van der Waals surface area contributed by atoms with Gasteiger partial charge in [0.25, 0.3) is 0 Å². The second-order valence-corrected chi connectivity index (χ2v) is 5.60. The fraction of sp³-hybridized carbons (Fsp3) is 0.571. The minimum absolute atomic E-state index is 0.709. The van der Waals surface area contributed by atoms with E-state index in [1.807, 2.05) is 6.07 Å². The molecule has 86 valence electrons.